The average Bonchev–Trinajstić information content (AvgIpc) is 2.81. The lowest BCUT2D eigenvalue weighted by Gasteiger charge is -2.13. The molecule has 104 valence electrons. The van der Waals surface area contributed by atoms with E-state index in [9.17, 15) is 8.42 Å². The maximum atomic E-state index is 11.4. The van der Waals surface area contributed by atoms with Gasteiger partial charge in [-0.3, -0.25) is 4.72 Å². The van der Waals surface area contributed by atoms with E-state index < -0.39 is 10.0 Å². The van der Waals surface area contributed by atoms with Crippen LogP contribution in [0.2, 0.25) is 0 Å². The van der Waals surface area contributed by atoms with Crippen molar-refractivity contribution in [1.82, 2.24) is 4.72 Å². The van der Waals surface area contributed by atoms with Crippen LogP contribution in [0.4, 0.5) is 5.69 Å². The lowest BCUT2D eigenvalue weighted by atomic mass is 10.3. The highest BCUT2D eigenvalue weighted by molar-refractivity contribution is 7.89. The van der Waals surface area contributed by atoms with Gasteiger partial charge in [-0.1, -0.05) is 31.0 Å². The number of nitrogens with zero attached hydrogens (tertiary/aromatic N) is 1. The SMILES string of the molecule is CS(=O)(=O)NC(=NC1CCCC1)Nc1ccccc1. The highest BCUT2D eigenvalue weighted by atomic mass is 32.2. The normalized spacial score (nSPS) is 17.4. The van der Waals surface area contributed by atoms with Gasteiger partial charge < -0.3 is 5.32 Å². The van der Waals surface area contributed by atoms with E-state index in [2.05, 4.69) is 15.0 Å². The molecule has 0 aliphatic heterocycles. The fourth-order valence-corrected chi connectivity index (χ4v) is 2.59. The molecule has 0 unspecified atom stereocenters. The van der Waals surface area contributed by atoms with Crippen molar-refractivity contribution >= 4 is 21.7 Å². The summed E-state index contributed by atoms with van der Waals surface area (Å²) in [5, 5.41) is 3.02. The van der Waals surface area contributed by atoms with Gasteiger partial charge in [0.2, 0.25) is 16.0 Å². The Balaban J connectivity index is 2.14. The molecule has 2 N–H and O–H groups in total. The third kappa shape index (κ3) is 4.90. The second kappa shape index (κ2) is 6.06. The van der Waals surface area contributed by atoms with Gasteiger partial charge in [0.25, 0.3) is 0 Å². The highest BCUT2D eigenvalue weighted by Crippen LogP contribution is 2.21. The van der Waals surface area contributed by atoms with Crippen LogP contribution < -0.4 is 10.0 Å². The Morgan fingerprint density at radius 3 is 2.42 bits per heavy atom. The number of para-hydroxylation sites is 1. The fraction of sp³-hybridized carbons (Fsp3) is 0.462. The first-order valence-electron chi connectivity index (χ1n) is 6.40. The minimum Gasteiger partial charge on any atom is -0.326 e. The zero-order valence-electron chi connectivity index (χ0n) is 11.0. The molecule has 0 radical (unpaired) electrons. The summed E-state index contributed by atoms with van der Waals surface area (Å²) in [5.41, 5.74) is 0.815. The van der Waals surface area contributed by atoms with Crippen LogP contribution in [0.5, 0.6) is 0 Å². The van der Waals surface area contributed by atoms with E-state index in [1.54, 1.807) is 0 Å². The van der Waals surface area contributed by atoms with Gasteiger partial charge in [-0.2, -0.15) is 0 Å². The standard InChI is InChI=1S/C13H19N3O2S/c1-19(17,18)16-13(15-12-9-5-6-10-12)14-11-7-3-2-4-8-11/h2-4,7-8,12H,5-6,9-10H2,1H3,(H2,14,15,16). The molecule has 0 saturated heterocycles. The fourth-order valence-electron chi connectivity index (χ4n) is 2.13. The number of benzene rings is 1. The van der Waals surface area contributed by atoms with Gasteiger partial charge in [-0.25, -0.2) is 13.4 Å². The van der Waals surface area contributed by atoms with E-state index >= 15 is 0 Å². The number of anilines is 1. The van der Waals surface area contributed by atoms with Crippen LogP contribution >= 0.6 is 0 Å². The molecule has 1 aliphatic rings. The van der Waals surface area contributed by atoms with Gasteiger partial charge in [0.15, 0.2) is 0 Å². The van der Waals surface area contributed by atoms with Crippen molar-refractivity contribution in [1.29, 1.82) is 0 Å². The molecular weight excluding hydrogens is 262 g/mol. The number of guanidine groups is 1. The summed E-state index contributed by atoms with van der Waals surface area (Å²) in [5.74, 6) is 0.306. The number of nitrogens with one attached hydrogen (secondary N) is 2. The lowest BCUT2D eigenvalue weighted by molar-refractivity contribution is 0.598. The van der Waals surface area contributed by atoms with Gasteiger partial charge in [0, 0.05) is 5.69 Å². The van der Waals surface area contributed by atoms with Crippen molar-refractivity contribution in [3.8, 4) is 0 Å². The molecule has 1 saturated carbocycles. The zero-order chi connectivity index (χ0) is 13.7. The molecule has 0 atom stereocenters. The smallest absolute Gasteiger partial charge is 0.232 e. The largest absolute Gasteiger partial charge is 0.326 e. The van der Waals surface area contributed by atoms with Gasteiger partial charge >= 0.3 is 0 Å². The summed E-state index contributed by atoms with van der Waals surface area (Å²) in [7, 11) is -3.33. The molecule has 0 heterocycles. The monoisotopic (exact) mass is 281 g/mol. The second-order valence-electron chi connectivity index (χ2n) is 4.78. The van der Waals surface area contributed by atoms with Crippen LogP contribution in [0.25, 0.3) is 0 Å². The Morgan fingerprint density at radius 2 is 1.84 bits per heavy atom. The summed E-state index contributed by atoms with van der Waals surface area (Å²) in [6, 6.07) is 9.62. The van der Waals surface area contributed by atoms with E-state index in [1.807, 2.05) is 30.3 Å². The maximum Gasteiger partial charge on any atom is 0.232 e. The minimum atomic E-state index is -3.33. The molecule has 5 nitrogen and oxygen atoms in total. The van der Waals surface area contributed by atoms with E-state index in [-0.39, 0.29) is 6.04 Å². The molecule has 0 aromatic heterocycles. The van der Waals surface area contributed by atoms with Crippen molar-refractivity contribution in [2.45, 2.75) is 31.7 Å². The number of aliphatic imine (C=N–C) groups is 1. The van der Waals surface area contributed by atoms with Crippen LogP contribution in [-0.4, -0.2) is 26.7 Å². The van der Waals surface area contributed by atoms with Crippen LogP contribution in [-0.2, 0) is 10.0 Å². The predicted octanol–water partition coefficient (Wildman–Crippen LogP) is 1.95. The summed E-state index contributed by atoms with van der Waals surface area (Å²) in [4.78, 5) is 4.47. The molecular formula is C13H19N3O2S. The minimum absolute atomic E-state index is 0.209. The highest BCUT2D eigenvalue weighted by Gasteiger charge is 2.16. The average molecular weight is 281 g/mol. The molecule has 1 aromatic carbocycles. The number of rotatable bonds is 3. The van der Waals surface area contributed by atoms with Crippen LogP contribution in [0.15, 0.2) is 35.3 Å². The number of hydrogen-bond donors (Lipinski definition) is 2. The van der Waals surface area contributed by atoms with Crippen molar-refractivity contribution in [3.05, 3.63) is 30.3 Å². The molecule has 2 rings (SSSR count). The first kappa shape index (κ1) is 13.9. The topological polar surface area (TPSA) is 70.6 Å². The third-order valence-corrected chi connectivity index (χ3v) is 3.52. The quantitative estimate of drug-likeness (QED) is 0.657. The van der Waals surface area contributed by atoms with Gasteiger partial charge in [0.05, 0.1) is 12.3 Å². The summed E-state index contributed by atoms with van der Waals surface area (Å²) >= 11 is 0. The Hall–Kier alpha value is -1.56. The molecule has 1 aromatic rings. The zero-order valence-corrected chi connectivity index (χ0v) is 11.8. The van der Waals surface area contributed by atoms with Crippen molar-refractivity contribution < 1.29 is 8.42 Å². The molecule has 1 aliphatic carbocycles. The Bertz CT molecular complexity index is 534. The van der Waals surface area contributed by atoms with Gasteiger partial charge in [-0.15, -0.1) is 0 Å². The summed E-state index contributed by atoms with van der Waals surface area (Å²) < 4.78 is 25.2. The molecule has 6 heteroatoms. The first-order chi connectivity index (χ1) is 9.03. The van der Waals surface area contributed by atoms with Crippen molar-refractivity contribution in [2.24, 2.45) is 4.99 Å². The Kier molecular flexibility index (Phi) is 4.42. The van der Waals surface area contributed by atoms with Gasteiger partial charge in [-0.05, 0) is 25.0 Å². The summed E-state index contributed by atoms with van der Waals surface area (Å²) in [6.45, 7) is 0. The maximum absolute atomic E-state index is 11.4. The molecule has 0 amide bonds. The third-order valence-electron chi connectivity index (χ3n) is 2.95. The first-order valence-corrected chi connectivity index (χ1v) is 8.30. The van der Waals surface area contributed by atoms with E-state index in [1.165, 1.54) is 0 Å². The molecule has 1 fully saturated rings. The number of hydrogen-bond acceptors (Lipinski definition) is 3. The van der Waals surface area contributed by atoms with E-state index in [0.29, 0.717) is 5.96 Å². The second-order valence-corrected chi connectivity index (χ2v) is 6.53. The van der Waals surface area contributed by atoms with Crippen LogP contribution in [0, 0.1) is 0 Å². The van der Waals surface area contributed by atoms with E-state index in [0.717, 1.165) is 37.6 Å². The molecule has 19 heavy (non-hydrogen) atoms. The van der Waals surface area contributed by atoms with Crippen molar-refractivity contribution in [2.75, 3.05) is 11.6 Å². The summed E-state index contributed by atoms with van der Waals surface area (Å²) in [6.07, 6.45) is 5.48. The Morgan fingerprint density at radius 1 is 1.21 bits per heavy atom. The van der Waals surface area contributed by atoms with E-state index in [4.69, 9.17) is 0 Å². The van der Waals surface area contributed by atoms with Gasteiger partial charge in [0.1, 0.15) is 0 Å². The molecule has 0 bridgehead atoms. The number of sulfonamides is 1. The van der Waals surface area contributed by atoms with Crippen molar-refractivity contribution in [3.63, 3.8) is 0 Å². The Labute approximate surface area is 114 Å². The predicted molar refractivity (Wildman–Crippen MR) is 77.7 cm³/mol. The van der Waals surface area contributed by atoms with Crippen LogP contribution in [0.1, 0.15) is 25.7 Å². The molecule has 0 spiro atoms. The van der Waals surface area contributed by atoms with Crippen LogP contribution in [0.3, 0.4) is 0 Å². The lowest BCUT2D eigenvalue weighted by Crippen LogP contribution is -2.36.